The number of hydrogen-bond donors (Lipinski definition) is 2. The number of carbonyl (C=O) groups is 1. The van der Waals surface area contributed by atoms with Crippen LogP contribution in [0.1, 0.15) is 5.01 Å². The number of amides is 2. The molecule has 0 spiro atoms. The summed E-state index contributed by atoms with van der Waals surface area (Å²) in [6.45, 7) is 1.93. The highest BCUT2D eigenvalue weighted by Crippen LogP contribution is 2.33. The average molecular weight is 426 g/mol. The van der Waals surface area contributed by atoms with Crippen LogP contribution >= 0.6 is 11.3 Å². The van der Waals surface area contributed by atoms with Crippen molar-refractivity contribution in [3.05, 3.63) is 90.1 Å². The average Bonchev–Trinajstić information content (AvgIpc) is 3.35. The van der Waals surface area contributed by atoms with Gasteiger partial charge in [0.25, 0.3) is 0 Å². The van der Waals surface area contributed by atoms with E-state index in [0.29, 0.717) is 16.5 Å². The van der Waals surface area contributed by atoms with Crippen molar-refractivity contribution in [1.29, 1.82) is 0 Å². The van der Waals surface area contributed by atoms with E-state index in [1.807, 2.05) is 96.4 Å². The van der Waals surface area contributed by atoms with E-state index in [9.17, 15) is 4.79 Å². The summed E-state index contributed by atoms with van der Waals surface area (Å²) in [5, 5.41) is 7.56. The predicted molar refractivity (Wildman–Crippen MR) is 126 cm³/mol. The molecule has 2 amide bonds. The third kappa shape index (κ3) is 3.78. The highest BCUT2D eigenvalue weighted by Gasteiger charge is 2.18. The summed E-state index contributed by atoms with van der Waals surface area (Å²) < 4.78 is 1.87. The molecular formula is C24H19N5OS. The smallest absolute Gasteiger partial charge is 0.297 e. The summed E-state index contributed by atoms with van der Waals surface area (Å²) in [7, 11) is 0. The Balaban J connectivity index is 1.49. The molecule has 3 heterocycles. The van der Waals surface area contributed by atoms with E-state index in [-0.39, 0.29) is 6.03 Å². The number of hydrogen-bond acceptors (Lipinski definition) is 4. The number of aryl methyl sites for hydroxylation is 1. The molecule has 7 heteroatoms. The lowest BCUT2D eigenvalue weighted by Gasteiger charge is -2.09. The van der Waals surface area contributed by atoms with Gasteiger partial charge < -0.3 is 0 Å². The van der Waals surface area contributed by atoms with Gasteiger partial charge in [0.1, 0.15) is 27.9 Å². The number of carbonyl (C=O) groups excluding carboxylic acids is 1. The Morgan fingerprint density at radius 1 is 0.806 bits per heavy atom. The van der Waals surface area contributed by atoms with E-state index in [2.05, 4.69) is 15.6 Å². The second-order valence-corrected chi connectivity index (χ2v) is 8.16. The molecule has 31 heavy (non-hydrogen) atoms. The number of urea groups is 1. The van der Waals surface area contributed by atoms with Crippen LogP contribution in [0.2, 0.25) is 0 Å². The van der Waals surface area contributed by atoms with Gasteiger partial charge in [-0.3, -0.25) is 15.0 Å². The van der Waals surface area contributed by atoms with Crippen LogP contribution in [0.5, 0.6) is 0 Å². The molecule has 5 rings (SSSR count). The molecular weight excluding hydrogens is 406 g/mol. The van der Waals surface area contributed by atoms with Crippen molar-refractivity contribution in [2.24, 2.45) is 0 Å². The number of aromatic nitrogens is 3. The first-order valence-corrected chi connectivity index (χ1v) is 10.6. The Labute approximate surface area is 183 Å². The normalized spacial score (nSPS) is 10.9. The first kappa shape index (κ1) is 19.0. The molecule has 6 nitrogen and oxygen atoms in total. The first-order valence-electron chi connectivity index (χ1n) is 9.82. The van der Waals surface area contributed by atoms with Gasteiger partial charge in [0.15, 0.2) is 0 Å². The fourth-order valence-electron chi connectivity index (χ4n) is 3.46. The lowest BCUT2D eigenvalue weighted by atomic mass is 10.1. The van der Waals surface area contributed by atoms with Gasteiger partial charge >= 0.3 is 6.03 Å². The number of nitrogens with zero attached hydrogens (tertiary/aromatic N) is 3. The van der Waals surface area contributed by atoms with Gasteiger partial charge in [-0.15, -0.1) is 11.3 Å². The molecule has 0 saturated carbocycles. The fraction of sp³-hybridized carbons (Fsp3) is 0.0417. The summed E-state index contributed by atoms with van der Waals surface area (Å²) >= 11 is 1.45. The number of pyridine rings is 1. The zero-order chi connectivity index (χ0) is 21.2. The van der Waals surface area contributed by atoms with Crippen LogP contribution in [0, 0.1) is 6.92 Å². The molecule has 2 aromatic carbocycles. The Bertz CT molecular complexity index is 1360. The third-order valence-electron chi connectivity index (χ3n) is 4.82. The third-order valence-corrected chi connectivity index (χ3v) is 5.70. The van der Waals surface area contributed by atoms with Crippen molar-refractivity contribution in [3.8, 4) is 22.5 Å². The number of anilines is 2. The molecule has 5 aromatic rings. The lowest BCUT2D eigenvalue weighted by Crippen LogP contribution is -2.20. The van der Waals surface area contributed by atoms with Crippen molar-refractivity contribution in [1.82, 2.24) is 14.4 Å². The van der Waals surface area contributed by atoms with Crippen molar-refractivity contribution in [2.45, 2.75) is 6.92 Å². The Hall–Kier alpha value is -3.97. The lowest BCUT2D eigenvalue weighted by molar-refractivity contribution is 0.262. The maximum atomic E-state index is 13.0. The van der Waals surface area contributed by atoms with E-state index in [1.54, 1.807) is 0 Å². The number of imidazole rings is 1. The molecule has 0 unspecified atom stereocenters. The predicted octanol–water partition coefficient (Wildman–Crippen LogP) is 6.08. The van der Waals surface area contributed by atoms with Crippen molar-refractivity contribution < 1.29 is 4.79 Å². The van der Waals surface area contributed by atoms with E-state index >= 15 is 0 Å². The standard InChI is InChI=1S/C24H19N5OS/c1-16-25-21(18-12-6-3-7-13-18)23(31-16)28-24(30)27-22-20(17-10-4-2-5-11-17)26-19-14-8-9-15-29(19)22/h2-15H,1H3,(H2,27,28,30). The molecule has 0 radical (unpaired) electrons. The fourth-order valence-corrected chi connectivity index (χ4v) is 4.29. The topological polar surface area (TPSA) is 71.3 Å². The molecule has 0 bridgehead atoms. The van der Waals surface area contributed by atoms with Crippen molar-refractivity contribution >= 4 is 33.8 Å². The summed E-state index contributed by atoms with van der Waals surface area (Å²) in [6.07, 6.45) is 1.89. The molecule has 0 aliphatic carbocycles. The molecule has 0 aliphatic heterocycles. The van der Waals surface area contributed by atoms with E-state index < -0.39 is 0 Å². The highest BCUT2D eigenvalue weighted by atomic mass is 32.1. The minimum Gasteiger partial charge on any atom is -0.297 e. The van der Waals surface area contributed by atoms with Gasteiger partial charge in [-0.05, 0) is 19.1 Å². The summed E-state index contributed by atoms with van der Waals surface area (Å²) in [5.74, 6) is 0.613. The highest BCUT2D eigenvalue weighted by molar-refractivity contribution is 7.16. The quantitative estimate of drug-likeness (QED) is 0.367. The summed E-state index contributed by atoms with van der Waals surface area (Å²) in [4.78, 5) is 22.3. The minimum absolute atomic E-state index is 0.344. The van der Waals surface area contributed by atoms with Gasteiger partial charge in [-0.25, -0.2) is 14.8 Å². The van der Waals surface area contributed by atoms with Crippen LogP contribution < -0.4 is 10.6 Å². The molecule has 0 fully saturated rings. The number of nitrogens with one attached hydrogen (secondary N) is 2. The molecule has 152 valence electrons. The first-order chi connectivity index (χ1) is 15.2. The van der Waals surface area contributed by atoms with Crippen LogP contribution in [0.4, 0.5) is 15.6 Å². The van der Waals surface area contributed by atoms with Crippen LogP contribution in [-0.2, 0) is 0 Å². The van der Waals surface area contributed by atoms with Gasteiger partial charge in [0.2, 0.25) is 0 Å². The Morgan fingerprint density at radius 2 is 1.45 bits per heavy atom. The Morgan fingerprint density at radius 3 is 2.16 bits per heavy atom. The monoisotopic (exact) mass is 425 g/mol. The summed E-state index contributed by atoms with van der Waals surface area (Å²) in [5.41, 5.74) is 4.13. The number of benzene rings is 2. The van der Waals surface area contributed by atoms with E-state index in [1.165, 1.54) is 11.3 Å². The molecule has 2 N–H and O–H groups in total. The van der Waals surface area contributed by atoms with E-state index in [0.717, 1.165) is 27.5 Å². The van der Waals surface area contributed by atoms with Crippen LogP contribution in [-0.4, -0.2) is 20.4 Å². The number of rotatable bonds is 4. The minimum atomic E-state index is -0.344. The molecule has 0 aliphatic rings. The van der Waals surface area contributed by atoms with Gasteiger partial charge in [0, 0.05) is 17.3 Å². The van der Waals surface area contributed by atoms with Crippen LogP contribution in [0.25, 0.3) is 28.2 Å². The van der Waals surface area contributed by atoms with Crippen molar-refractivity contribution in [2.75, 3.05) is 10.6 Å². The zero-order valence-electron chi connectivity index (χ0n) is 16.7. The summed E-state index contributed by atoms with van der Waals surface area (Å²) in [6, 6.07) is 25.1. The second-order valence-electron chi connectivity index (χ2n) is 6.96. The number of thiazole rings is 1. The zero-order valence-corrected chi connectivity index (χ0v) is 17.6. The van der Waals surface area contributed by atoms with Gasteiger partial charge in [-0.1, -0.05) is 66.7 Å². The number of fused-ring (bicyclic) bond motifs is 1. The molecule has 0 atom stereocenters. The molecule has 0 saturated heterocycles. The van der Waals surface area contributed by atoms with Gasteiger partial charge in [0.05, 0.1) is 5.01 Å². The second kappa shape index (κ2) is 8.04. The molecule has 3 aromatic heterocycles. The van der Waals surface area contributed by atoms with E-state index in [4.69, 9.17) is 4.98 Å². The Kier molecular flexibility index (Phi) is 4.93. The maximum Gasteiger partial charge on any atom is 0.325 e. The maximum absolute atomic E-state index is 13.0. The largest absolute Gasteiger partial charge is 0.325 e. The SMILES string of the molecule is Cc1nc(-c2ccccc2)c(NC(=O)Nc2c(-c3ccccc3)nc3ccccn23)s1. The van der Waals surface area contributed by atoms with Crippen LogP contribution in [0.15, 0.2) is 85.1 Å². The van der Waals surface area contributed by atoms with Crippen molar-refractivity contribution in [3.63, 3.8) is 0 Å². The van der Waals surface area contributed by atoms with Crippen LogP contribution in [0.3, 0.4) is 0 Å². The van der Waals surface area contributed by atoms with Gasteiger partial charge in [-0.2, -0.15) is 0 Å².